The molecular formula is C15H24N2O5. The predicted octanol–water partition coefficient (Wildman–Crippen LogP) is 1.13. The molecule has 2 amide bonds. The summed E-state index contributed by atoms with van der Waals surface area (Å²) in [6.07, 6.45) is 3.27. The Balaban J connectivity index is 2.41. The number of hydrogen-bond acceptors (Lipinski definition) is 5. The second-order valence-electron chi connectivity index (χ2n) is 6.23. The molecule has 0 spiro atoms. The SMILES string of the molecule is COC(=O)[C@@H]1C=C[C@H](NC(=O)[C@@H](C)NC(=O)OC(C)(C)C)C1. The number of esters is 1. The summed E-state index contributed by atoms with van der Waals surface area (Å²) in [5, 5.41) is 5.22. The quantitative estimate of drug-likeness (QED) is 0.599. The zero-order valence-electron chi connectivity index (χ0n) is 13.6. The predicted molar refractivity (Wildman–Crippen MR) is 80.0 cm³/mol. The summed E-state index contributed by atoms with van der Waals surface area (Å²) in [6, 6.07) is -0.986. The highest BCUT2D eigenvalue weighted by Crippen LogP contribution is 2.19. The molecule has 7 nitrogen and oxygen atoms in total. The third-order valence-corrected chi connectivity index (χ3v) is 3.04. The third-order valence-electron chi connectivity index (χ3n) is 3.04. The number of rotatable bonds is 4. The number of hydrogen-bond donors (Lipinski definition) is 2. The van der Waals surface area contributed by atoms with E-state index >= 15 is 0 Å². The molecule has 0 bridgehead atoms. The van der Waals surface area contributed by atoms with Gasteiger partial charge in [0.1, 0.15) is 11.6 Å². The van der Waals surface area contributed by atoms with Crippen LogP contribution in [-0.2, 0) is 19.1 Å². The Morgan fingerprint density at radius 1 is 1.23 bits per heavy atom. The summed E-state index contributed by atoms with van der Waals surface area (Å²) in [5.41, 5.74) is -0.623. The van der Waals surface area contributed by atoms with E-state index in [9.17, 15) is 14.4 Å². The van der Waals surface area contributed by atoms with Gasteiger partial charge >= 0.3 is 12.1 Å². The van der Waals surface area contributed by atoms with Crippen molar-refractivity contribution in [2.24, 2.45) is 5.92 Å². The first-order valence-corrected chi connectivity index (χ1v) is 7.18. The van der Waals surface area contributed by atoms with E-state index in [1.54, 1.807) is 39.8 Å². The second kappa shape index (κ2) is 7.29. The molecule has 1 aliphatic carbocycles. The van der Waals surface area contributed by atoms with Gasteiger partial charge in [0.05, 0.1) is 13.0 Å². The zero-order chi connectivity index (χ0) is 16.9. The lowest BCUT2D eigenvalue weighted by atomic mass is 10.1. The van der Waals surface area contributed by atoms with Gasteiger partial charge in [0.2, 0.25) is 5.91 Å². The van der Waals surface area contributed by atoms with Gasteiger partial charge in [0, 0.05) is 6.04 Å². The monoisotopic (exact) mass is 312 g/mol. The number of alkyl carbamates (subject to hydrolysis) is 1. The fraction of sp³-hybridized carbons (Fsp3) is 0.667. The highest BCUT2D eigenvalue weighted by Gasteiger charge is 2.28. The zero-order valence-corrected chi connectivity index (χ0v) is 13.6. The lowest BCUT2D eigenvalue weighted by Crippen LogP contribution is -2.48. The van der Waals surface area contributed by atoms with Crippen molar-refractivity contribution in [1.82, 2.24) is 10.6 Å². The van der Waals surface area contributed by atoms with Crippen molar-refractivity contribution in [3.05, 3.63) is 12.2 Å². The van der Waals surface area contributed by atoms with Crippen molar-refractivity contribution < 1.29 is 23.9 Å². The summed E-state index contributed by atoms with van der Waals surface area (Å²) < 4.78 is 9.74. The van der Waals surface area contributed by atoms with Crippen molar-refractivity contribution in [1.29, 1.82) is 0 Å². The highest BCUT2D eigenvalue weighted by atomic mass is 16.6. The molecule has 0 heterocycles. The maximum atomic E-state index is 12.0. The molecule has 0 aromatic carbocycles. The van der Waals surface area contributed by atoms with E-state index in [4.69, 9.17) is 4.74 Å². The van der Waals surface area contributed by atoms with Gasteiger partial charge < -0.3 is 20.1 Å². The molecule has 2 N–H and O–H groups in total. The molecule has 0 fully saturated rings. The van der Waals surface area contributed by atoms with Gasteiger partial charge in [-0.3, -0.25) is 9.59 Å². The van der Waals surface area contributed by atoms with Crippen LogP contribution in [0.1, 0.15) is 34.1 Å². The Kier molecular flexibility index (Phi) is 5.96. The van der Waals surface area contributed by atoms with E-state index in [2.05, 4.69) is 15.4 Å². The van der Waals surface area contributed by atoms with E-state index in [1.165, 1.54) is 7.11 Å². The molecule has 0 radical (unpaired) electrons. The molecule has 0 aromatic heterocycles. The molecule has 7 heteroatoms. The number of methoxy groups -OCH3 is 1. The minimum absolute atomic E-state index is 0.250. The minimum atomic E-state index is -0.736. The Bertz CT molecular complexity index is 467. The Morgan fingerprint density at radius 3 is 2.41 bits per heavy atom. The van der Waals surface area contributed by atoms with E-state index < -0.39 is 17.7 Å². The van der Waals surface area contributed by atoms with Crippen LogP contribution in [0.15, 0.2) is 12.2 Å². The average Bonchev–Trinajstić information content (AvgIpc) is 2.83. The van der Waals surface area contributed by atoms with Gasteiger partial charge in [-0.05, 0) is 34.1 Å². The van der Waals surface area contributed by atoms with Gasteiger partial charge in [0.25, 0.3) is 0 Å². The normalized spacial score (nSPS) is 21.9. The third kappa shape index (κ3) is 5.75. The van der Waals surface area contributed by atoms with Crippen LogP contribution in [0.5, 0.6) is 0 Å². The number of carbonyl (C=O) groups excluding carboxylic acids is 3. The number of nitrogens with one attached hydrogen (secondary N) is 2. The van der Waals surface area contributed by atoms with Crippen LogP contribution in [0, 0.1) is 5.92 Å². The van der Waals surface area contributed by atoms with E-state index in [0.717, 1.165) is 0 Å². The van der Waals surface area contributed by atoms with E-state index in [-0.39, 0.29) is 23.8 Å². The Labute approximate surface area is 130 Å². The lowest BCUT2D eigenvalue weighted by Gasteiger charge is -2.22. The van der Waals surface area contributed by atoms with Crippen LogP contribution in [-0.4, -0.2) is 42.8 Å². The van der Waals surface area contributed by atoms with Crippen molar-refractivity contribution in [2.45, 2.75) is 51.8 Å². The first kappa shape index (κ1) is 18.0. The van der Waals surface area contributed by atoms with Gasteiger partial charge in [-0.25, -0.2) is 4.79 Å². The molecule has 1 rings (SSSR count). The summed E-state index contributed by atoms with van der Waals surface area (Å²) in [5.74, 6) is -1.01. The van der Waals surface area contributed by atoms with Crippen molar-refractivity contribution >= 4 is 18.0 Å². The summed E-state index contributed by atoms with van der Waals surface area (Å²) in [7, 11) is 1.33. The smallest absolute Gasteiger partial charge is 0.408 e. The Hall–Kier alpha value is -2.05. The molecule has 0 aromatic rings. The molecule has 0 unspecified atom stereocenters. The molecule has 3 atom stereocenters. The van der Waals surface area contributed by atoms with Crippen LogP contribution < -0.4 is 10.6 Å². The number of ether oxygens (including phenoxy) is 2. The number of carbonyl (C=O) groups is 3. The first-order valence-electron chi connectivity index (χ1n) is 7.18. The van der Waals surface area contributed by atoms with Crippen LogP contribution >= 0.6 is 0 Å². The topological polar surface area (TPSA) is 93.7 Å². The maximum absolute atomic E-state index is 12.0. The minimum Gasteiger partial charge on any atom is -0.469 e. The summed E-state index contributed by atoms with van der Waals surface area (Å²) in [4.78, 5) is 35.0. The lowest BCUT2D eigenvalue weighted by molar-refractivity contribution is -0.144. The molecule has 22 heavy (non-hydrogen) atoms. The first-order chi connectivity index (χ1) is 10.1. The van der Waals surface area contributed by atoms with E-state index in [0.29, 0.717) is 6.42 Å². The number of amides is 2. The molecular weight excluding hydrogens is 288 g/mol. The van der Waals surface area contributed by atoms with Crippen LogP contribution in [0.25, 0.3) is 0 Å². The van der Waals surface area contributed by atoms with Gasteiger partial charge in [-0.1, -0.05) is 12.2 Å². The van der Waals surface area contributed by atoms with Crippen molar-refractivity contribution in [2.75, 3.05) is 7.11 Å². The van der Waals surface area contributed by atoms with Crippen LogP contribution in [0.2, 0.25) is 0 Å². The molecule has 124 valence electrons. The molecule has 1 aliphatic rings. The van der Waals surface area contributed by atoms with Gasteiger partial charge in [0.15, 0.2) is 0 Å². The van der Waals surface area contributed by atoms with Gasteiger partial charge in [-0.2, -0.15) is 0 Å². The summed E-state index contributed by atoms with van der Waals surface area (Å²) >= 11 is 0. The van der Waals surface area contributed by atoms with Crippen LogP contribution in [0.4, 0.5) is 4.79 Å². The average molecular weight is 312 g/mol. The van der Waals surface area contributed by atoms with E-state index in [1.807, 2.05) is 0 Å². The van der Waals surface area contributed by atoms with Crippen molar-refractivity contribution in [3.63, 3.8) is 0 Å². The summed E-state index contributed by atoms with van der Waals surface area (Å²) in [6.45, 7) is 6.80. The van der Waals surface area contributed by atoms with Crippen LogP contribution in [0.3, 0.4) is 0 Å². The standard InChI is InChI=1S/C15H24N2O5/c1-9(16-14(20)22-15(2,3)4)12(18)17-11-7-6-10(8-11)13(19)21-5/h6-7,9-11H,8H2,1-5H3,(H,16,20)(H,17,18)/t9-,10-,11+/m1/s1. The fourth-order valence-corrected chi connectivity index (χ4v) is 1.99. The van der Waals surface area contributed by atoms with Gasteiger partial charge in [-0.15, -0.1) is 0 Å². The molecule has 0 saturated carbocycles. The Morgan fingerprint density at radius 2 is 1.86 bits per heavy atom. The highest BCUT2D eigenvalue weighted by molar-refractivity contribution is 5.86. The van der Waals surface area contributed by atoms with Crippen molar-refractivity contribution in [3.8, 4) is 0 Å². The molecule has 0 saturated heterocycles. The fourth-order valence-electron chi connectivity index (χ4n) is 1.99. The second-order valence-corrected chi connectivity index (χ2v) is 6.23. The molecule has 0 aliphatic heterocycles. The maximum Gasteiger partial charge on any atom is 0.408 e. The largest absolute Gasteiger partial charge is 0.469 e.